The molecule has 0 rings (SSSR count). The van der Waals surface area contributed by atoms with E-state index in [0.29, 0.717) is 19.4 Å². The molecule has 5 heteroatoms. The number of allylic oxidation sites excluding steroid dienone is 22. The fraction of sp³-hybridized carbons (Fsp3) is 0.631. The van der Waals surface area contributed by atoms with E-state index in [0.717, 1.165) is 135 Å². The van der Waals surface area contributed by atoms with Crippen molar-refractivity contribution in [2.24, 2.45) is 0 Å². The van der Waals surface area contributed by atoms with Crippen molar-refractivity contribution in [2.75, 3.05) is 19.8 Å². The summed E-state index contributed by atoms with van der Waals surface area (Å²) < 4.78 is 17.4. The molecule has 0 aromatic heterocycles. The number of ether oxygens (including phenoxy) is 3. The van der Waals surface area contributed by atoms with E-state index in [1.54, 1.807) is 0 Å². The van der Waals surface area contributed by atoms with Crippen LogP contribution in [0.1, 0.15) is 239 Å². The predicted molar refractivity (Wildman–Crippen MR) is 306 cm³/mol. The van der Waals surface area contributed by atoms with Gasteiger partial charge in [-0.05, 0) is 135 Å². The summed E-state index contributed by atoms with van der Waals surface area (Å²) in [5, 5.41) is 0. The van der Waals surface area contributed by atoms with E-state index in [1.807, 2.05) is 0 Å². The first-order valence-electron chi connectivity index (χ1n) is 28.7. The Balaban J connectivity index is 4.42. The van der Waals surface area contributed by atoms with Gasteiger partial charge in [0.25, 0.3) is 0 Å². The minimum atomic E-state index is -0.574. The molecule has 0 aromatic carbocycles. The van der Waals surface area contributed by atoms with E-state index < -0.39 is 6.10 Å². The molecular weight excluding hydrogens is 861 g/mol. The van der Waals surface area contributed by atoms with Gasteiger partial charge in [-0.2, -0.15) is 0 Å². The molecule has 0 aliphatic carbocycles. The molecule has 0 heterocycles. The first-order valence-corrected chi connectivity index (χ1v) is 28.7. The zero-order chi connectivity index (χ0) is 50.6. The first kappa shape index (κ1) is 66.0. The standard InChI is InChI=1S/C65H106O5/c1-4-7-10-13-16-19-22-25-28-31-33-35-37-40-43-46-49-52-55-58-64(66)69-62-63(61-68-60-57-54-51-48-45-42-39-30-27-24-21-18-15-12-9-6-3)70-65(67)59-56-53-50-47-44-41-38-36-34-32-29-26-23-20-17-14-11-8-5-2/h7-8,10-11,16-21,25-30,33-36,40,43,63H,4-6,9,12-15,22-24,31-32,37-39,41-42,44-62H2,1-3H3/b10-7-,11-8-,19-16-,20-17-,21-18-,28-25-,29-26-,30-27-,35-33-,36-34-,43-40-. The van der Waals surface area contributed by atoms with Gasteiger partial charge in [0.15, 0.2) is 6.10 Å². The Morgan fingerprint density at radius 3 is 1.04 bits per heavy atom. The van der Waals surface area contributed by atoms with Gasteiger partial charge in [-0.15, -0.1) is 0 Å². The number of rotatable bonds is 51. The number of carbonyl (C=O) groups excluding carboxylic acids is 2. The fourth-order valence-corrected chi connectivity index (χ4v) is 7.44. The quantitative estimate of drug-likeness (QED) is 0.0345. The topological polar surface area (TPSA) is 61.8 Å². The maximum absolute atomic E-state index is 12.9. The number of unbranched alkanes of at least 4 members (excludes halogenated alkanes) is 18. The summed E-state index contributed by atoms with van der Waals surface area (Å²) in [6.45, 7) is 7.50. The molecule has 0 saturated carbocycles. The minimum absolute atomic E-state index is 0.0492. The maximum atomic E-state index is 12.9. The molecule has 0 N–H and O–H groups in total. The summed E-state index contributed by atoms with van der Waals surface area (Å²) >= 11 is 0. The third kappa shape index (κ3) is 56.6. The van der Waals surface area contributed by atoms with E-state index in [1.165, 1.54) is 70.6 Å². The molecule has 0 spiro atoms. The van der Waals surface area contributed by atoms with Gasteiger partial charge in [-0.3, -0.25) is 9.59 Å². The molecular formula is C65H106O5. The van der Waals surface area contributed by atoms with Crippen LogP contribution in [0, 0.1) is 0 Å². The van der Waals surface area contributed by atoms with Crippen LogP contribution in [0.3, 0.4) is 0 Å². The average molecular weight is 968 g/mol. The van der Waals surface area contributed by atoms with E-state index in [-0.39, 0.29) is 25.2 Å². The molecule has 0 saturated heterocycles. The molecule has 0 aromatic rings. The monoisotopic (exact) mass is 967 g/mol. The van der Waals surface area contributed by atoms with Gasteiger partial charge < -0.3 is 14.2 Å². The average Bonchev–Trinajstić information content (AvgIpc) is 3.36. The Hall–Kier alpha value is -3.96. The lowest BCUT2D eigenvalue weighted by Crippen LogP contribution is -2.30. The van der Waals surface area contributed by atoms with E-state index in [9.17, 15) is 9.59 Å². The van der Waals surface area contributed by atoms with Crippen molar-refractivity contribution in [3.05, 3.63) is 134 Å². The molecule has 1 atom stereocenters. The van der Waals surface area contributed by atoms with Crippen LogP contribution in [-0.2, 0) is 23.8 Å². The second-order valence-corrected chi connectivity index (χ2v) is 18.4. The predicted octanol–water partition coefficient (Wildman–Crippen LogP) is 19.9. The summed E-state index contributed by atoms with van der Waals surface area (Å²) in [6.07, 6.45) is 84.7. The molecule has 0 fully saturated rings. The van der Waals surface area contributed by atoms with Gasteiger partial charge in [0.05, 0.1) is 6.61 Å². The van der Waals surface area contributed by atoms with Crippen molar-refractivity contribution in [1.29, 1.82) is 0 Å². The van der Waals surface area contributed by atoms with Crippen LogP contribution in [-0.4, -0.2) is 37.9 Å². The molecule has 5 nitrogen and oxygen atoms in total. The van der Waals surface area contributed by atoms with Gasteiger partial charge >= 0.3 is 11.9 Å². The molecule has 0 aliphatic rings. The van der Waals surface area contributed by atoms with Crippen molar-refractivity contribution < 1.29 is 23.8 Å². The van der Waals surface area contributed by atoms with E-state index in [4.69, 9.17) is 14.2 Å². The van der Waals surface area contributed by atoms with Crippen LogP contribution in [0.15, 0.2) is 134 Å². The van der Waals surface area contributed by atoms with Gasteiger partial charge in [0.1, 0.15) is 6.61 Å². The Morgan fingerprint density at radius 1 is 0.329 bits per heavy atom. The largest absolute Gasteiger partial charge is 0.462 e. The molecule has 0 radical (unpaired) electrons. The minimum Gasteiger partial charge on any atom is -0.462 e. The third-order valence-electron chi connectivity index (χ3n) is 11.7. The summed E-state index contributed by atoms with van der Waals surface area (Å²) in [5.41, 5.74) is 0. The molecule has 0 amide bonds. The highest BCUT2D eigenvalue weighted by molar-refractivity contribution is 5.70. The highest BCUT2D eigenvalue weighted by Gasteiger charge is 2.17. The lowest BCUT2D eigenvalue weighted by molar-refractivity contribution is -0.163. The number of hydrogen-bond donors (Lipinski definition) is 0. The Bertz CT molecular complexity index is 1470. The van der Waals surface area contributed by atoms with Crippen LogP contribution in [0.4, 0.5) is 0 Å². The van der Waals surface area contributed by atoms with Crippen molar-refractivity contribution in [1.82, 2.24) is 0 Å². The Labute approximate surface area is 432 Å². The maximum Gasteiger partial charge on any atom is 0.306 e. The third-order valence-corrected chi connectivity index (χ3v) is 11.7. The highest BCUT2D eigenvalue weighted by Crippen LogP contribution is 2.13. The van der Waals surface area contributed by atoms with Crippen LogP contribution in [0.5, 0.6) is 0 Å². The van der Waals surface area contributed by atoms with Crippen LogP contribution in [0.25, 0.3) is 0 Å². The van der Waals surface area contributed by atoms with Crippen LogP contribution in [0.2, 0.25) is 0 Å². The second kappa shape index (κ2) is 59.3. The first-order chi connectivity index (χ1) is 34.6. The molecule has 396 valence electrons. The van der Waals surface area contributed by atoms with E-state index in [2.05, 4.69) is 154 Å². The van der Waals surface area contributed by atoms with Crippen molar-refractivity contribution >= 4 is 11.9 Å². The summed E-state index contributed by atoms with van der Waals surface area (Å²) in [4.78, 5) is 25.5. The van der Waals surface area contributed by atoms with Crippen LogP contribution >= 0.6 is 0 Å². The molecule has 1 unspecified atom stereocenters. The van der Waals surface area contributed by atoms with Gasteiger partial charge in [-0.1, -0.05) is 225 Å². The zero-order valence-electron chi connectivity index (χ0n) is 45.5. The van der Waals surface area contributed by atoms with Crippen molar-refractivity contribution in [2.45, 2.75) is 245 Å². The summed E-state index contributed by atoms with van der Waals surface area (Å²) in [7, 11) is 0. The van der Waals surface area contributed by atoms with Crippen molar-refractivity contribution in [3.63, 3.8) is 0 Å². The molecule has 0 aliphatic heterocycles. The second-order valence-electron chi connectivity index (χ2n) is 18.4. The molecule has 0 bridgehead atoms. The van der Waals surface area contributed by atoms with Gasteiger partial charge in [0.2, 0.25) is 0 Å². The van der Waals surface area contributed by atoms with Crippen molar-refractivity contribution in [3.8, 4) is 0 Å². The number of hydrogen-bond acceptors (Lipinski definition) is 5. The van der Waals surface area contributed by atoms with Crippen LogP contribution < -0.4 is 0 Å². The lowest BCUT2D eigenvalue weighted by atomic mass is 10.1. The van der Waals surface area contributed by atoms with E-state index >= 15 is 0 Å². The normalized spacial score (nSPS) is 13.2. The Morgan fingerprint density at radius 2 is 0.643 bits per heavy atom. The number of carbonyl (C=O) groups is 2. The summed E-state index contributed by atoms with van der Waals surface area (Å²) in [5.74, 6) is -0.462. The van der Waals surface area contributed by atoms with Gasteiger partial charge in [0, 0.05) is 19.4 Å². The summed E-state index contributed by atoms with van der Waals surface area (Å²) in [6, 6.07) is 0. The Kier molecular flexibility index (Phi) is 56.0. The highest BCUT2D eigenvalue weighted by atomic mass is 16.6. The zero-order valence-corrected chi connectivity index (χ0v) is 45.5. The lowest BCUT2D eigenvalue weighted by Gasteiger charge is -2.18. The SMILES string of the molecule is CC/C=C\C/C=C\C/C=C\C/C=C\C/C=C\CCCCCC(=O)OCC(COCCCCCCCC/C=C\C/C=C\CCCCC)OC(=O)CCCCCCCC/C=C\C/C=C\C/C=C\C/C=C\CC. The number of esters is 2. The molecule has 70 heavy (non-hydrogen) atoms. The smallest absolute Gasteiger partial charge is 0.306 e. The van der Waals surface area contributed by atoms with Gasteiger partial charge in [-0.25, -0.2) is 0 Å². The fourth-order valence-electron chi connectivity index (χ4n) is 7.44.